The molecule has 0 radical (unpaired) electrons. The van der Waals surface area contributed by atoms with E-state index in [1.165, 1.54) is 0 Å². The molecule has 0 amide bonds. The zero-order valence-electron chi connectivity index (χ0n) is 28.1. The average Bonchev–Trinajstić information content (AvgIpc) is 3.98. The van der Waals surface area contributed by atoms with Crippen molar-refractivity contribution in [3.05, 3.63) is 88.8 Å². The zero-order valence-corrected chi connectivity index (χ0v) is 28.1. The van der Waals surface area contributed by atoms with Gasteiger partial charge in [-0.2, -0.15) is 31.6 Å². The van der Waals surface area contributed by atoms with E-state index in [-0.39, 0.29) is 51.8 Å². The number of fused-ring (bicyclic) bond motifs is 6. The van der Waals surface area contributed by atoms with Gasteiger partial charge in [0, 0.05) is 34.9 Å². The van der Waals surface area contributed by atoms with Crippen molar-refractivity contribution in [2.24, 2.45) is 0 Å². The first-order chi connectivity index (χ1) is 27.8. The maximum absolute atomic E-state index is 9.47. The summed E-state index contributed by atoms with van der Waals surface area (Å²) in [5.41, 5.74) is 4.80. The smallest absolute Gasteiger partial charge is 0.227 e. The fourth-order valence-electron chi connectivity index (χ4n) is 6.27. The lowest BCUT2D eigenvalue weighted by Gasteiger charge is -2.04. The lowest BCUT2D eigenvalue weighted by atomic mass is 10.1. The molecule has 18 heteroatoms. The van der Waals surface area contributed by atoms with Gasteiger partial charge >= 0.3 is 0 Å². The largest absolute Gasteiger partial charge is 0.436 e. The Kier molecular flexibility index (Phi) is 6.66. The van der Waals surface area contributed by atoms with E-state index in [0.29, 0.717) is 83.1 Å². The summed E-state index contributed by atoms with van der Waals surface area (Å²) in [7, 11) is 0. The average molecular weight is 736 g/mol. The Morgan fingerprint density at radius 1 is 0.281 bits per heavy atom. The number of hydrogen-bond acceptors (Lipinski definition) is 18. The Hall–Kier alpha value is -9.75. The lowest BCUT2D eigenvalue weighted by molar-refractivity contribution is 0.615. The summed E-state index contributed by atoms with van der Waals surface area (Å²) >= 11 is 0. The second-order valence-electron chi connectivity index (χ2n) is 12.2. The molecule has 0 aliphatic carbocycles. The highest BCUT2D eigenvalue weighted by Gasteiger charge is 2.21. The van der Waals surface area contributed by atoms with E-state index < -0.39 is 0 Å². The minimum Gasteiger partial charge on any atom is -0.436 e. The third-order valence-electron chi connectivity index (χ3n) is 8.83. The molecule has 18 nitrogen and oxygen atoms in total. The monoisotopic (exact) mass is 735 g/mol. The molecule has 4 aromatic carbocycles. The molecule has 10 rings (SSSR count). The standard InChI is InChI=1S/C39H9N15O3/c40-10-28-31(13-43)49-22-7-34-25(4-19(22)46-28)52-37(55-34)16-1-17(38-53-26-5-20-23(8-35(26)56-38)50-32(14-44)29(11-41)47-20)3-18(2-16)39-54-27-6-21-24(9-36(27)57-39)51-33(15-45)30(12-42)48-21/h1-9H. The lowest BCUT2D eigenvalue weighted by Crippen LogP contribution is -1.95. The van der Waals surface area contributed by atoms with Crippen LogP contribution in [0.3, 0.4) is 0 Å². The van der Waals surface area contributed by atoms with Crippen molar-refractivity contribution in [2.45, 2.75) is 0 Å². The summed E-state index contributed by atoms with van der Waals surface area (Å²) in [6.07, 6.45) is 0. The van der Waals surface area contributed by atoms with E-state index in [1.54, 1.807) is 54.6 Å². The highest BCUT2D eigenvalue weighted by molar-refractivity contribution is 5.94. The van der Waals surface area contributed by atoms with Gasteiger partial charge in [-0.3, -0.25) is 0 Å². The Morgan fingerprint density at radius 2 is 0.509 bits per heavy atom. The predicted molar refractivity (Wildman–Crippen MR) is 193 cm³/mol. The fraction of sp³-hybridized carbons (Fsp3) is 0. The number of benzene rings is 4. The summed E-state index contributed by atoms with van der Waals surface area (Å²) < 4.78 is 18.6. The van der Waals surface area contributed by atoms with Crippen molar-refractivity contribution < 1.29 is 13.3 Å². The van der Waals surface area contributed by atoms with E-state index in [4.69, 9.17) is 28.2 Å². The normalized spacial score (nSPS) is 11.1. The van der Waals surface area contributed by atoms with E-state index in [1.807, 2.05) is 36.4 Å². The van der Waals surface area contributed by atoms with Gasteiger partial charge in [0.1, 0.15) is 53.0 Å². The van der Waals surface area contributed by atoms with Crippen LogP contribution in [-0.2, 0) is 0 Å². The van der Waals surface area contributed by atoms with Crippen LogP contribution in [0.1, 0.15) is 34.2 Å². The van der Waals surface area contributed by atoms with Gasteiger partial charge in [0.15, 0.2) is 50.9 Å². The Morgan fingerprint density at radius 3 is 0.737 bits per heavy atom. The third-order valence-corrected chi connectivity index (χ3v) is 8.83. The van der Waals surface area contributed by atoms with E-state index in [9.17, 15) is 31.6 Å². The van der Waals surface area contributed by atoms with Gasteiger partial charge < -0.3 is 13.3 Å². The molecule has 0 saturated heterocycles. The molecule has 0 unspecified atom stereocenters. The van der Waals surface area contributed by atoms with Crippen LogP contribution in [0.2, 0.25) is 0 Å². The third kappa shape index (κ3) is 5.02. The Balaban J connectivity index is 1.17. The van der Waals surface area contributed by atoms with E-state index in [0.717, 1.165) is 0 Å². The second kappa shape index (κ2) is 11.9. The minimum atomic E-state index is -0.121. The fourth-order valence-corrected chi connectivity index (χ4v) is 6.27. The number of oxazole rings is 3. The number of aromatic nitrogens is 9. The van der Waals surface area contributed by atoms with Crippen molar-refractivity contribution in [2.75, 3.05) is 0 Å². The van der Waals surface area contributed by atoms with Crippen LogP contribution >= 0.6 is 0 Å². The van der Waals surface area contributed by atoms with Crippen LogP contribution in [0.25, 0.3) is 101 Å². The SMILES string of the molecule is N#Cc1nc2cc3nc(-c4cc(-c5nc6cc7nc(C#N)c(C#N)nc7cc6o5)cc(-c5nc6cc7nc(C#N)c(C#N)nc7cc6o5)c4)oc3cc2nc1C#N. The van der Waals surface area contributed by atoms with E-state index in [2.05, 4.69) is 29.9 Å². The number of nitriles is 6. The molecule has 0 fully saturated rings. The van der Waals surface area contributed by atoms with Crippen LogP contribution in [0, 0.1) is 68.0 Å². The Bertz CT molecular complexity index is 3130. The highest BCUT2D eigenvalue weighted by Crippen LogP contribution is 2.37. The first kappa shape index (κ1) is 31.9. The molecule has 0 bridgehead atoms. The van der Waals surface area contributed by atoms with Gasteiger partial charge in [0.2, 0.25) is 17.7 Å². The molecule has 57 heavy (non-hydrogen) atoms. The van der Waals surface area contributed by atoms with Crippen molar-refractivity contribution in [1.82, 2.24) is 44.9 Å². The summed E-state index contributed by atoms with van der Waals surface area (Å²) in [6, 6.07) is 26.0. The van der Waals surface area contributed by atoms with Crippen molar-refractivity contribution in [3.8, 4) is 70.8 Å². The highest BCUT2D eigenvalue weighted by atomic mass is 16.4. The quantitative estimate of drug-likeness (QED) is 0.196. The first-order valence-corrected chi connectivity index (χ1v) is 16.3. The molecule has 258 valence electrons. The van der Waals surface area contributed by atoms with Crippen LogP contribution < -0.4 is 0 Å². The van der Waals surface area contributed by atoms with Gasteiger partial charge in [0.25, 0.3) is 0 Å². The molecule has 0 aliphatic rings. The number of hydrogen-bond donors (Lipinski definition) is 0. The first-order valence-electron chi connectivity index (χ1n) is 16.3. The van der Waals surface area contributed by atoms with Gasteiger partial charge in [-0.15, -0.1) is 0 Å². The predicted octanol–water partition coefficient (Wildman–Crippen LogP) is 6.17. The van der Waals surface area contributed by atoms with Gasteiger partial charge in [0.05, 0.1) is 33.1 Å². The van der Waals surface area contributed by atoms with Gasteiger partial charge in [-0.25, -0.2) is 44.9 Å². The molecular formula is C39H9N15O3. The molecule has 0 atom stereocenters. The molecule has 0 spiro atoms. The summed E-state index contributed by atoms with van der Waals surface area (Å²) in [6.45, 7) is 0. The molecule has 6 heterocycles. The number of rotatable bonds is 3. The van der Waals surface area contributed by atoms with Crippen molar-refractivity contribution >= 4 is 66.4 Å². The van der Waals surface area contributed by atoms with Crippen LogP contribution in [0.15, 0.2) is 67.8 Å². The summed E-state index contributed by atoms with van der Waals surface area (Å²) in [5, 5.41) is 56.8. The maximum atomic E-state index is 9.47. The second-order valence-corrected chi connectivity index (χ2v) is 12.2. The molecule has 10 aromatic rings. The minimum absolute atomic E-state index is 0.118. The topological polar surface area (TPSA) is 298 Å². The van der Waals surface area contributed by atoms with Crippen molar-refractivity contribution in [1.29, 1.82) is 31.6 Å². The molecule has 0 N–H and O–H groups in total. The van der Waals surface area contributed by atoms with E-state index >= 15 is 0 Å². The molecule has 6 aromatic heterocycles. The summed E-state index contributed by atoms with van der Waals surface area (Å²) in [5.74, 6) is 0.489. The van der Waals surface area contributed by atoms with Gasteiger partial charge in [-0.05, 0) is 36.4 Å². The van der Waals surface area contributed by atoms with Crippen LogP contribution in [-0.4, -0.2) is 44.9 Å². The Labute approximate surface area is 315 Å². The van der Waals surface area contributed by atoms with Crippen molar-refractivity contribution in [3.63, 3.8) is 0 Å². The zero-order chi connectivity index (χ0) is 38.9. The van der Waals surface area contributed by atoms with Crippen LogP contribution in [0.4, 0.5) is 0 Å². The maximum Gasteiger partial charge on any atom is 0.227 e. The number of nitrogens with zero attached hydrogens (tertiary/aromatic N) is 15. The molecule has 0 aliphatic heterocycles. The molecule has 0 saturated carbocycles. The molecular weight excluding hydrogens is 727 g/mol. The van der Waals surface area contributed by atoms with Crippen LogP contribution in [0.5, 0.6) is 0 Å². The van der Waals surface area contributed by atoms with Gasteiger partial charge in [-0.1, -0.05) is 0 Å². The summed E-state index contributed by atoms with van der Waals surface area (Å²) in [4.78, 5) is 39.7.